The first-order valence-corrected chi connectivity index (χ1v) is 8.41. The van der Waals surface area contributed by atoms with Crippen molar-refractivity contribution in [3.05, 3.63) is 11.6 Å². The summed E-state index contributed by atoms with van der Waals surface area (Å²) in [6.45, 7) is 5.84. The van der Waals surface area contributed by atoms with Crippen LogP contribution in [-0.2, 0) is 6.42 Å². The predicted molar refractivity (Wildman–Crippen MR) is 80.6 cm³/mol. The van der Waals surface area contributed by atoms with E-state index in [0.717, 1.165) is 29.9 Å². The van der Waals surface area contributed by atoms with Gasteiger partial charge in [0.1, 0.15) is 5.82 Å². The Hall–Kier alpha value is -0.900. The van der Waals surface area contributed by atoms with Crippen LogP contribution in [0.5, 0.6) is 0 Å². The third-order valence-corrected chi connectivity index (χ3v) is 5.14. The topological polar surface area (TPSA) is 44.8 Å². The van der Waals surface area contributed by atoms with Crippen LogP contribution in [0.4, 0.5) is 0 Å². The largest absolute Gasteiger partial charge is 0.303 e. The molecular formula is C16H28N4. The van der Waals surface area contributed by atoms with Crippen molar-refractivity contribution >= 4 is 0 Å². The minimum absolute atomic E-state index is 0.929. The Morgan fingerprint density at radius 2 is 2.00 bits per heavy atom. The fourth-order valence-corrected chi connectivity index (χ4v) is 4.02. The Morgan fingerprint density at radius 3 is 2.75 bits per heavy atom. The predicted octanol–water partition coefficient (Wildman–Crippen LogP) is 2.95. The van der Waals surface area contributed by atoms with E-state index in [1.165, 1.54) is 64.6 Å². The molecule has 0 radical (unpaired) electrons. The summed E-state index contributed by atoms with van der Waals surface area (Å²) in [5, 5.41) is 7.14. The number of aromatic amines is 1. The van der Waals surface area contributed by atoms with Gasteiger partial charge in [-0.05, 0) is 44.7 Å². The van der Waals surface area contributed by atoms with Crippen molar-refractivity contribution < 1.29 is 0 Å². The van der Waals surface area contributed by atoms with Crippen molar-refractivity contribution in [2.45, 2.75) is 58.3 Å². The van der Waals surface area contributed by atoms with Gasteiger partial charge in [-0.1, -0.05) is 32.1 Å². The summed E-state index contributed by atoms with van der Waals surface area (Å²) in [7, 11) is 0. The summed E-state index contributed by atoms with van der Waals surface area (Å²) in [5.74, 6) is 3.93. The standard InChI is InChI=1S/C16H28N4/c1-13-17-16(19-18-13)8-5-10-20-11-9-15(12-20)14-6-3-2-4-7-14/h14-15H,2-12H2,1H3,(H,17,18,19). The van der Waals surface area contributed by atoms with Crippen LogP contribution in [0.1, 0.15) is 56.6 Å². The lowest BCUT2D eigenvalue weighted by molar-refractivity contribution is 0.236. The molecule has 1 atom stereocenters. The summed E-state index contributed by atoms with van der Waals surface area (Å²) < 4.78 is 0. The van der Waals surface area contributed by atoms with E-state index in [1.807, 2.05) is 6.92 Å². The second-order valence-electron chi connectivity index (χ2n) is 6.69. The van der Waals surface area contributed by atoms with E-state index in [1.54, 1.807) is 0 Å². The number of hydrogen-bond acceptors (Lipinski definition) is 3. The van der Waals surface area contributed by atoms with Gasteiger partial charge in [-0.2, -0.15) is 5.10 Å². The Balaban J connectivity index is 1.37. The average molecular weight is 276 g/mol. The monoisotopic (exact) mass is 276 g/mol. The number of aromatic nitrogens is 3. The number of nitrogens with zero attached hydrogens (tertiary/aromatic N) is 3. The van der Waals surface area contributed by atoms with Crippen LogP contribution < -0.4 is 0 Å². The van der Waals surface area contributed by atoms with Crippen molar-refractivity contribution in [1.82, 2.24) is 20.1 Å². The second kappa shape index (κ2) is 6.70. The van der Waals surface area contributed by atoms with E-state index in [4.69, 9.17) is 0 Å². The second-order valence-corrected chi connectivity index (χ2v) is 6.69. The molecule has 3 rings (SSSR count). The molecular weight excluding hydrogens is 248 g/mol. The van der Waals surface area contributed by atoms with Crippen LogP contribution in [0.25, 0.3) is 0 Å². The third-order valence-electron chi connectivity index (χ3n) is 5.14. The number of rotatable bonds is 5. The smallest absolute Gasteiger partial charge is 0.150 e. The molecule has 0 amide bonds. The molecule has 1 aromatic heterocycles. The van der Waals surface area contributed by atoms with Crippen molar-refractivity contribution in [3.63, 3.8) is 0 Å². The van der Waals surface area contributed by atoms with Gasteiger partial charge >= 0.3 is 0 Å². The molecule has 1 aliphatic carbocycles. The summed E-state index contributed by atoms with van der Waals surface area (Å²) in [5.41, 5.74) is 0. The molecule has 1 N–H and O–H groups in total. The number of aryl methyl sites for hydroxylation is 2. The van der Waals surface area contributed by atoms with Gasteiger partial charge in [0.2, 0.25) is 0 Å². The van der Waals surface area contributed by atoms with Crippen molar-refractivity contribution in [2.75, 3.05) is 19.6 Å². The normalized spacial score (nSPS) is 25.4. The molecule has 1 saturated carbocycles. The summed E-state index contributed by atoms with van der Waals surface area (Å²) in [4.78, 5) is 7.04. The maximum atomic E-state index is 4.38. The number of likely N-dealkylation sites (tertiary alicyclic amines) is 1. The zero-order chi connectivity index (χ0) is 13.8. The number of nitrogens with one attached hydrogen (secondary N) is 1. The Kier molecular flexibility index (Phi) is 4.71. The lowest BCUT2D eigenvalue weighted by atomic mass is 9.80. The molecule has 4 nitrogen and oxygen atoms in total. The van der Waals surface area contributed by atoms with E-state index in [2.05, 4.69) is 20.1 Å². The van der Waals surface area contributed by atoms with Crippen LogP contribution >= 0.6 is 0 Å². The summed E-state index contributed by atoms with van der Waals surface area (Å²) in [6, 6.07) is 0. The maximum Gasteiger partial charge on any atom is 0.150 e. The highest BCUT2D eigenvalue weighted by atomic mass is 15.2. The van der Waals surface area contributed by atoms with Crippen molar-refractivity contribution in [2.24, 2.45) is 11.8 Å². The van der Waals surface area contributed by atoms with Crippen LogP contribution in [0.2, 0.25) is 0 Å². The highest BCUT2D eigenvalue weighted by Gasteiger charge is 2.29. The fraction of sp³-hybridized carbons (Fsp3) is 0.875. The zero-order valence-electron chi connectivity index (χ0n) is 12.8. The minimum atomic E-state index is 0.929. The van der Waals surface area contributed by atoms with Gasteiger partial charge in [0, 0.05) is 13.0 Å². The van der Waals surface area contributed by atoms with Crippen LogP contribution in [0, 0.1) is 18.8 Å². The number of H-pyrrole nitrogens is 1. The van der Waals surface area contributed by atoms with E-state index in [-0.39, 0.29) is 0 Å². The first-order chi connectivity index (χ1) is 9.81. The molecule has 0 spiro atoms. The third kappa shape index (κ3) is 3.60. The van der Waals surface area contributed by atoms with Gasteiger partial charge in [0.15, 0.2) is 5.82 Å². The first kappa shape index (κ1) is 14.1. The van der Waals surface area contributed by atoms with E-state index in [9.17, 15) is 0 Å². The molecule has 4 heteroatoms. The number of hydrogen-bond donors (Lipinski definition) is 1. The zero-order valence-corrected chi connectivity index (χ0v) is 12.8. The van der Waals surface area contributed by atoms with Gasteiger partial charge in [0.05, 0.1) is 0 Å². The van der Waals surface area contributed by atoms with Gasteiger partial charge in [-0.3, -0.25) is 5.10 Å². The molecule has 2 aliphatic rings. The minimum Gasteiger partial charge on any atom is -0.303 e. The molecule has 1 aliphatic heterocycles. The summed E-state index contributed by atoms with van der Waals surface area (Å²) >= 11 is 0. The van der Waals surface area contributed by atoms with Crippen LogP contribution in [0.3, 0.4) is 0 Å². The Morgan fingerprint density at radius 1 is 1.15 bits per heavy atom. The van der Waals surface area contributed by atoms with Gasteiger partial charge < -0.3 is 4.90 Å². The summed E-state index contributed by atoms with van der Waals surface area (Å²) in [6.07, 6.45) is 11.1. The molecule has 20 heavy (non-hydrogen) atoms. The molecule has 112 valence electrons. The Bertz CT molecular complexity index is 408. The average Bonchev–Trinajstić information content (AvgIpc) is 3.09. The molecule has 2 heterocycles. The van der Waals surface area contributed by atoms with Gasteiger partial charge in [-0.25, -0.2) is 4.98 Å². The van der Waals surface area contributed by atoms with Crippen molar-refractivity contribution in [1.29, 1.82) is 0 Å². The maximum absolute atomic E-state index is 4.38. The Labute approximate surface area is 122 Å². The lowest BCUT2D eigenvalue weighted by Crippen LogP contribution is -2.25. The molecule has 2 fully saturated rings. The molecule has 0 aromatic carbocycles. The highest BCUT2D eigenvalue weighted by molar-refractivity contribution is 4.88. The SMILES string of the molecule is Cc1nc(CCCN2CCC(C3CCCCC3)C2)n[nH]1. The fourth-order valence-electron chi connectivity index (χ4n) is 4.02. The van der Waals surface area contributed by atoms with Gasteiger partial charge in [0.25, 0.3) is 0 Å². The van der Waals surface area contributed by atoms with Crippen LogP contribution in [-0.4, -0.2) is 39.7 Å². The van der Waals surface area contributed by atoms with E-state index in [0.29, 0.717) is 0 Å². The lowest BCUT2D eigenvalue weighted by Gasteiger charge is -2.27. The van der Waals surface area contributed by atoms with Crippen LogP contribution in [0.15, 0.2) is 0 Å². The first-order valence-electron chi connectivity index (χ1n) is 8.41. The van der Waals surface area contributed by atoms with Crippen molar-refractivity contribution in [3.8, 4) is 0 Å². The van der Waals surface area contributed by atoms with E-state index < -0.39 is 0 Å². The quantitative estimate of drug-likeness (QED) is 0.899. The van der Waals surface area contributed by atoms with E-state index >= 15 is 0 Å². The molecule has 1 aromatic rings. The molecule has 1 saturated heterocycles. The molecule has 0 bridgehead atoms. The van der Waals surface area contributed by atoms with Gasteiger partial charge in [-0.15, -0.1) is 0 Å². The highest BCUT2D eigenvalue weighted by Crippen LogP contribution is 2.34. The molecule has 1 unspecified atom stereocenters.